The molecule has 0 saturated carbocycles. The van der Waals surface area contributed by atoms with Gasteiger partial charge in [-0.2, -0.15) is 0 Å². The van der Waals surface area contributed by atoms with E-state index in [1.165, 1.54) is 16.8 Å². The molecule has 2 saturated heterocycles. The van der Waals surface area contributed by atoms with Crippen LogP contribution in [0.4, 0.5) is 5.69 Å². The molecule has 0 radical (unpaired) electrons. The summed E-state index contributed by atoms with van der Waals surface area (Å²) in [4.78, 5) is 20.0. The number of amides is 1. The zero-order chi connectivity index (χ0) is 18.8. The van der Waals surface area contributed by atoms with Crippen molar-refractivity contribution in [1.29, 1.82) is 0 Å². The Morgan fingerprint density at radius 1 is 1.04 bits per heavy atom. The van der Waals surface area contributed by atoms with Crippen molar-refractivity contribution >= 4 is 11.6 Å². The van der Waals surface area contributed by atoms with Crippen LogP contribution in [-0.2, 0) is 22.5 Å². The van der Waals surface area contributed by atoms with Gasteiger partial charge in [0.25, 0.3) is 0 Å². The van der Waals surface area contributed by atoms with Crippen LogP contribution >= 0.6 is 0 Å². The Balaban J connectivity index is 1.37. The molecule has 5 heteroatoms. The first-order valence-corrected chi connectivity index (χ1v) is 10.6. The molecule has 0 atom stereocenters. The lowest BCUT2D eigenvalue weighted by molar-refractivity contribution is -0.138. The molecule has 1 aromatic carbocycles. The van der Waals surface area contributed by atoms with Gasteiger partial charge in [-0.1, -0.05) is 6.07 Å². The molecular formula is C22H33N3O2. The summed E-state index contributed by atoms with van der Waals surface area (Å²) in [7, 11) is 0. The summed E-state index contributed by atoms with van der Waals surface area (Å²) in [5.41, 5.74) is 4.04. The molecule has 4 rings (SSSR count). The highest BCUT2D eigenvalue weighted by Crippen LogP contribution is 2.28. The highest BCUT2D eigenvalue weighted by atomic mass is 16.5. The number of rotatable bonds is 3. The zero-order valence-corrected chi connectivity index (χ0v) is 16.8. The lowest BCUT2D eigenvalue weighted by Crippen LogP contribution is -2.45. The summed E-state index contributed by atoms with van der Waals surface area (Å²) in [6, 6.07) is 7.38. The predicted molar refractivity (Wildman–Crippen MR) is 108 cm³/mol. The molecule has 3 aliphatic heterocycles. The Labute approximate surface area is 163 Å². The summed E-state index contributed by atoms with van der Waals surface area (Å²) in [5.74, 6) is 0.593. The van der Waals surface area contributed by atoms with Gasteiger partial charge in [-0.15, -0.1) is 0 Å². The minimum Gasteiger partial charge on any atom is -0.378 e. The number of hydrogen-bond donors (Lipinski definition) is 0. The van der Waals surface area contributed by atoms with Gasteiger partial charge in [-0.05, 0) is 69.5 Å². The van der Waals surface area contributed by atoms with Crippen LogP contribution in [0.1, 0.15) is 37.8 Å². The molecule has 0 aliphatic carbocycles. The van der Waals surface area contributed by atoms with E-state index in [1.54, 1.807) is 0 Å². The fraction of sp³-hybridized carbons (Fsp3) is 0.682. The fourth-order valence-corrected chi connectivity index (χ4v) is 4.67. The lowest BCUT2D eigenvalue weighted by Gasteiger charge is -2.37. The quantitative estimate of drug-likeness (QED) is 0.818. The third-order valence-electron chi connectivity index (χ3n) is 6.50. The largest absolute Gasteiger partial charge is 0.378 e. The monoisotopic (exact) mass is 371 g/mol. The average molecular weight is 372 g/mol. The van der Waals surface area contributed by atoms with Gasteiger partial charge < -0.3 is 19.4 Å². The summed E-state index contributed by atoms with van der Waals surface area (Å²) in [6.45, 7) is 11.8. The van der Waals surface area contributed by atoms with Crippen LogP contribution < -0.4 is 4.90 Å². The molecule has 2 fully saturated rings. The van der Waals surface area contributed by atoms with Gasteiger partial charge in [0.1, 0.15) is 0 Å². The smallest absolute Gasteiger partial charge is 0.226 e. The molecule has 0 aromatic heterocycles. The van der Waals surface area contributed by atoms with Gasteiger partial charge in [-0.25, -0.2) is 0 Å². The van der Waals surface area contributed by atoms with Crippen LogP contribution in [0.15, 0.2) is 18.2 Å². The predicted octanol–water partition coefficient (Wildman–Crippen LogP) is 2.53. The normalized spacial score (nSPS) is 22.2. The molecule has 27 heavy (non-hydrogen) atoms. The van der Waals surface area contributed by atoms with Crippen LogP contribution in [0.5, 0.6) is 0 Å². The maximum Gasteiger partial charge on any atom is 0.226 e. The Morgan fingerprint density at radius 3 is 2.48 bits per heavy atom. The molecule has 5 nitrogen and oxygen atoms in total. The molecule has 0 N–H and O–H groups in total. The van der Waals surface area contributed by atoms with E-state index in [1.807, 2.05) is 0 Å². The van der Waals surface area contributed by atoms with Crippen LogP contribution in [0.2, 0.25) is 0 Å². The van der Waals surface area contributed by atoms with Gasteiger partial charge >= 0.3 is 0 Å². The Kier molecular flexibility index (Phi) is 5.69. The van der Waals surface area contributed by atoms with Crippen LogP contribution in [0.3, 0.4) is 0 Å². The number of nitrogens with zero attached hydrogens (tertiary/aromatic N) is 3. The number of benzene rings is 1. The minimum absolute atomic E-state index is 0.217. The number of carbonyl (C=O) groups excluding carboxylic acids is 1. The second kappa shape index (κ2) is 8.19. The third kappa shape index (κ3) is 4.14. The van der Waals surface area contributed by atoms with Crippen LogP contribution in [-0.4, -0.2) is 67.7 Å². The first kappa shape index (κ1) is 18.8. The highest BCUT2D eigenvalue weighted by Gasteiger charge is 2.31. The van der Waals surface area contributed by atoms with E-state index in [0.717, 1.165) is 71.7 Å². The lowest BCUT2D eigenvalue weighted by atomic mass is 9.92. The van der Waals surface area contributed by atoms with E-state index < -0.39 is 0 Å². The van der Waals surface area contributed by atoms with Crippen molar-refractivity contribution in [3.05, 3.63) is 29.3 Å². The second-order valence-corrected chi connectivity index (χ2v) is 8.47. The maximum absolute atomic E-state index is 13.0. The summed E-state index contributed by atoms with van der Waals surface area (Å²) in [6.07, 6.45) is 3.00. The highest BCUT2D eigenvalue weighted by molar-refractivity contribution is 5.79. The van der Waals surface area contributed by atoms with Gasteiger partial charge in [-0.3, -0.25) is 4.79 Å². The summed E-state index contributed by atoms with van der Waals surface area (Å²) < 4.78 is 5.46. The minimum atomic E-state index is 0.217. The molecule has 0 bridgehead atoms. The number of piperidine rings is 1. The Hall–Kier alpha value is -1.59. The zero-order valence-electron chi connectivity index (χ0n) is 16.8. The molecular weight excluding hydrogens is 338 g/mol. The second-order valence-electron chi connectivity index (χ2n) is 8.47. The standard InChI is InChI=1S/C22H33N3O2/c1-17(2)23-8-5-18(6-9-23)22(26)25-10-7-19-15-21(4-3-20(19)16-25)24-11-13-27-14-12-24/h3-4,15,17-18H,5-14,16H2,1-2H3. The van der Waals surface area contributed by atoms with Crippen molar-refractivity contribution in [1.82, 2.24) is 9.80 Å². The third-order valence-corrected chi connectivity index (χ3v) is 6.50. The van der Waals surface area contributed by atoms with Crippen molar-refractivity contribution in [3.63, 3.8) is 0 Å². The van der Waals surface area contributed by atoms with Crippen LogP contribution in [0.25, 0.3) is 0 Å². The molecule has 3 heterocycles. The van der Waals surface area contributed by atoms with Gasteiger partial charge in [0.05, 0.1) is 13.2 Å². The number of ether oxygens (including phenoxy) is 1. The molecule has 1 amide bonds. The average Bonchev–Trinajstić information content (AvgIpc) is 2.73. The van der Waals surface area contributed by atoms with E-state index >= 15 is 0 Å². The molecule has 0 unspecified atom stereocenters. The number of likely N-dealkylation sites (tertiary alicyclic amines) is 1. The van der Waals surface area contributed by atoms with Crippen molar-refractivity contribution in [2.24, 2.45) is 5.92 Å². The molecule has 1 aromatic rings. The molecule has 148 valence electrons. The topological polar surface area (TPSA) is 36.0 Å². The van der Waals surface area contributed by atoms with Crippen molar-refractivity contribution in [2.45, 2.75) is 45.7 Å². The van der Waals surface area contributed by atoms with Crippen molar-refractivity contribution < 1.29 is 9.53 Å². The van der Waals surface area contributed by atoms with E-state index in [4.69, 9.17) is 4.74 Å². The number of carbonyl (C=O) groups is 1. The number of hydrogen-bond acceptors (Lipinski definition) is 4. The van der Waals surface area contributed by atoms with Gasteiger partial charge in [0, 0.05) is 43.8 Å². The SMILES string of the molecule is CC(C)N1CCC(C(=O)N2CCc3cc(N4CCOCC4)ccc3C2)CC1. The molecule has 0 spiro atoms. The number of anilines is 1. The number of fused-ring (bicyclic) bond motifs is 1. The van der Waals surface area contributed by atoms with Gasteiger partial charge in [0.15, 0.2) is 0 Å². The molecule has 3 aliphatic rings. The van der Waals surface area contributed by atoms with E-state index in [9.17, 15) is 4.79 Å². The van der Waals surface area contributed by atoms with E-state index in [-0.39, 0.29) is 5.92 Å². The maximum atomic E-state index is 13.0. The first-order chi connectivity index (χ1) is 13.1. The number of morpholine rings is 1. The van der Waals surface area contributed by atoms with Crippen molar-refractivity contribution in [2.75, 3.05) is 50.8 Å². The van der Waals surface area contributed by atoms with Crippen LogP contribution in [0, 0.1) is 5.92 Å². The van der Waals surface area contributed by atoms with Crippen molar-refractivity contribution in [3.8, 4) is 0 Å². The fourth-order valence-electron chi connectivity index (χ4n) is 4.67. The Morgan fingerprint density at radius 2 is 1.78 bits per heavy atom. The summed E-state index contributed by atoms with van der Waals surface area (Å²) in [5, 5.41) is 0. The summed E-state index contributed by atoms with van der Waals surface area (Å²) >= 11 is 0. The van der Waals surface area contributed by atoms with Gasteiger partial charge in [0.2, 0.25) is 5.91 Å². The van der Waals surface area contributed by atoms with E-state index in [0.29, 0.717) is 11.9 Å². The Bertz CT molecular complexity index is 662. The first-order valence-electron chi connectivity index (χ1n) is 10.6. The van der Waals surface area contributed by atoms with E-state index in [2.05, 4.69) is 46.7 Å².